The molecule has 2 unspecified atom stereocenters. The third kappa shape index (κ3) is 10.8. The molecule has 0 aliphatic carbocycles. The Morgan fingerprint density at radius 3 is 2.26 bits per heavy atom. The number of rotatable bonds is 19. The first kappa shape index (κ1) is 32.6. The lowest BCUT2D eigenvalue weighted by Crippen LogP contribution is -2.49. The van der Waals surface area contributed by atoms with Crippen LogP contribution in [0.25, 0.3) is 10.8 Å². The molecule has 0 fully saturated rings. The summed E-state index contributed by atoms with van der Waals surface area (Å²) in [6.07, 6.45) is 1.56. The van der Waals surface area contributed by atoms with Crippen LogP contribution in [0.4, 0.5) is 5.69 Å². The molecule has 2 atom stereocenters. The van der Waals surface area contributed by atoms with Gasteiger partial charge in [-0.2, -0.15) is 0 Å². The van der Waals surface area contributed by atoms with Crippen molar-refractivity contribution in [3.8, 4) is 0 Å². The van der Waals surface area contributed by atoms with Crippen molar-refractivity contribution in [2.24, 2.45) is 0 Å². The Kier molecular flexibility index (Phi) is 13.3. The Balaban J connectivity index is 1.43. The summed E-state index contributed by atoms with van der Waals surface area (Å²) in [6, 6.07) is 20.8. The van der Waals surface area contributed by atoms with Crippen LogP contribution in [-0.4, -0.2) is 66.6 Å². The molecular formula is C33H42N2O7. The molecule has 226 valence electrons. The van der Waals surface area contributed by atoms with E-state index in [1.165, 1.54) is 27.5 Å². The minimum Gasteiger partial charge on any atom is -0.480 e. The van der Waals surface area contributed by atoms with Gasteiger partial charge in [0.1, 0.15) is 6.61 Å². The van der Waals surface area contributed by atoms with Crippen LogP contribution in [0.15, 0.2) is 60.7 Å². The summed E-state index contributed by atoms with van der Waals surface area (Å²) < 4.78 is 10.7. The summed E-state index contributed by atoms with van der Waals surface area (Å²) in [6.45, 7) is 4.41. The maximum Gasteiger partial charge on any atom is 0.336 e. The van der Waals surface area contributed by atoms with Gasteiger partial charge in [0.25, 0.3) is 5.91 Å². The van der Waals surface area contributed by atoms with Crippen LogP contribution < -0.4 is 10.6 Å². The zero-order chi connectivity index (χ0) is 30.3. The Morgan fingerprint density at radius 1 is 0.762 bits per heavy atom. The van der Waals surface area contributed by atoms with Crippen molar-refractivity contribution in [1.82, 2.24) is 5.32 Å². The first-order valence-corrected chi connectivity index (χ1v) is 14.5. The number of carbonyl (C=O) groups is 3. The second-order valence-corrected chi connectivity index (χ2v) is 10.5. The van der Waals surface area contributed by atoms with E-state index < -0.39 is 36.7 Å². The van der Waals surface area contributed by atoms with Gasteiger partial charge in [-0.25, -0.2) is 9.59 Å². The van der Waals surface area contributed by atoms with E-state index >= 15 is 0 Å². The van der Waals surface area contributed by atoms with Gasteiger partial charge < -0.3 is 30.3 Å². The molecule has 0 spiro atoms. The minimum atomic E-state index is -1.73. The van der Waals surface area contributed by atoms with E-state index in [1.54, 1.807) is 0 Å². The zero-order valence-corrected chi connectivity index (χ0v) is 24.4. The molecule has 9 nitrogen and oxygen atoms in total. The molecule has 42 heavy (non-hydrogen) atoms. The highest BCUT2D eigenvalue weighted by Gasteiger charge is 2.36. The summed E-state index contributed by atoms with van der Waals surface area (Å²) in [4.78, 5) is 35.8. The maximum absolute atomic E-state index is 12.9. The molecule has 9 heteroatoms. The molecule has 3 aromatic carbocycles. The van der Waals surface area contributed by atoms with Crippen LogP contribution in [0.1, 0.15) is 48.8 Å². The SMILES string of the molecule is Cc1ccc(NCCCCOC(C(=O)NCCCCCc2ccc3ccccc3c2)C(OCC(=O)O)C(=O)O)cc1C. The smallest absolute Gasteiger partial charge is 0.336 e. The van der Waals surface area contributed by atoms with Gasteiger partial charge in [0, 0.05) is 25.4 Å². The number of aliphatic carboxylic acids is 2. The van der Waals surface area contributed by atoms with Gasteiger partial charge in [0.2, 0.25) is 0 Å². The van der Waals surface area contributed by atoms with E-state index in [-0.39, 0.29) is 6.61 Å². The Morgan fingerprint density at radius 2 is 1.52 bits per heavy atom. The van der Waals surface area contributed by atoms with Crippen molar-refractivity contribution in [3.63, 3.8) is 0 Å². The fourth-order valence-electron chi connectivity index (χ4n) is 4.61. The molecule has 4 N–H and O–H groups in total. The van der Waals surface area contributed by atoms with Crippen LogP contribution in [0.3, 0.4) is 0 Å². The number of carbonyl (C=O) groups excluding carboxylic acids is 1. The van der Waals surface area contributed by atoms with Crippen LogP contribution in [0, 0.1) is 13.8 Å². The second-order valence-electron chi connectivity index (χ2n) is 10.5. The third-order valence-electron chi connectivity index (χ3n) is 7.12. The second kappa shape index (κ2) is 17.1. The Labute approximate surface area is 247 Å². The van der Waals surface area contributed by atoms with E-state index in [0.29, 0.717) is 25.9 Å². The van der Waals surface area contributed by atoms with Gasteiger partial charge >= 0.3 is 11.9 Å². The molecule has 0 heterocycles. The first-order chi connectivity index (χ1) is 20.2. The quantitative estimate of drug-likeness (QED) is 0.144. The number of ether oxygens (including phenoxy) is 2. The number of unbranched alkanes of at least 4 members (excludes halogenated alkanes) is 3. The average molecular weight is 579 g/mol. The Hall–Kier alpha value is -3.95. The Bertz CT molecular complexity index is 1330. The summed E-state index contributed by atoms with van der Waals surface area (Å²) in [5, 5.41) is 27.1. The molecule has 0 saturated heterocycles. The van der Waals surface area contributed by atoms with E-state index in [2.05, 4.69) is 66.9 Å². The topological polar surface area (TPSA) is 134 Å². The van der Waals surface area contributed by atoms with E-state index in [0.717, 1.165) is 31.4 Å². The van der Waals surface area contributed by atoms with E-state index in [9.17, 15) is 19.5 Å². The minimum absolute atomic E-state index is 0.124. The number of carboxylic acids is 2. The molecular weight excluding hydrogens is 536 g/mol. The lowest BCUT2D eigenvalue weighted by Gasteiger charge is -2.23. The van der Waals surface area contributed by atoms with Crippen molar-refractivity contribution in [2.45, 2.75) is 64.6 Å². The molecule has 0 aliphatic heterocycles. The highest BCUT2D eigenvalue weighted by atomic mass is 16.6. The van der Waals surface area contributed by atoms with Gasteiger partial charge in [0.15, 0.2) is 12.2 Å². The molecule has 0 radical (unpaired) electrons. The van der Waals surface area contributed by atoms with Crippen LogP contribution in [-0.2, 0) is 30.3 Å². The van der Waals surface area contributed by atoms with Crippen molar-refractivity contribution in [3.05, 3.63) is 77.4 Å². The largest absolute Gasteiger partial charge is 0.480 e. The monoisotopic (exact) mass is 578 g/mol. The molecule has 0 saturated carbocycles. The standard InChI is InChI=1S/C33H42N2O7/c1-23-13-16-28(20-24(23)2)34-17-8-9-19-41-30(31(33(39)40)42-22-29(36)37)32(38)35-18-7-3-4-10-25-14-15-26-11-5-6-12-27(26)21-25/h5-6,11-16,20-21,30-31,34H,3-4,7-10,17-19,22H2,1-2H3,(H,35,38)(H,36,37)(H,39,40). The molecule has 0 aliphatic rings. The predicted molar refractivity (Wildman–Crippen MR) is 163 cm³/mol. The number of amides is 1. The lowest BCUT2D eigenvalue weighted by atomic mass is 10.0. The fraction of sp³-hybridized carbons (Fsp3) is 0.424. The van der Waals surface area contributed by atoms with Crippen molar-refractivity contribution < 1.29 is 34.1 Å². The molecule has 0 aromatic heterocycles. The lowest BCUT2D eigenvalue weighted by molar-refractivity contribution is -0.172. The predicted octanol–water partition coefficient (Wildman–Crippen LogP) is 5.12. The van der Waals surface area contributed by atoms with Crippen molar-refractivity contribution in [2.75, 3.05) is 31.6 Å². The molecule has 0 bridgehead atoms. The van der Waals surface area contributed by atoms with Crippen LogP contribution >= 0.6 is 0 Å². The van der Waals surface area contributed by atoms with Crippen LogP contribution in [0.5, 0.6) is 0 Å². The number of hydrogen-bond donors (Lipinski definition) is 4. The van der Waals surface area contributed by atoms with Gasteiger partial charge in [-0.1, -0.05) is 55.0 Å². The van der Waals surface area contributed by atoms with Crippen LogP contribution in [0.2, 0.25) is 0 Å². The average Bonchev–Trinajstić information content (AvgIpc) is 2.96. The molecule has 3 aromatic rings. The number of anilines is 1. The number of aryl methyl sites for hydroxylation is 3. The van der Waals surface area contributed by atoms with E-state index in [4.69, 9.17) is 14.6 Å². The highest BCUT2D eigenvalue weighted by molar-refractivity contribution is 5.88. The van der Waals surface area contributed by atoms with Gasteiger partial charge in [-0.3, -0.25) is 4.79 Å². The fourth-order valence-corrected chi connectivity index (χ4v) is 4.61. The maximum atomic E-state index is 12.9. The number of nitrogens with one attached hydrogen (secondary N) is 2. The van der Waals surface area contributed by atoms with Crippen molar-refractivity contribution >= 4 is 34.3 Å². The van der Waals surface area contributed by atoms with Gasteiger partial charge in [-0.05, 0) is 85.5 Å². The number of fused-ring (bicyclic) bond motifs is 1. The van der Waals surface area contributed by atoms with Gasteiger partial charge in [0.05, 0.1) is 0 Å². The number of carboxylic acid groups (broad SMARTS) is 2. The summed E-state index contributed by atoms with van der Waals surface area (Å²) in [7, 11) is 0. The number of hydrogen-bond acceptors (Lipinski definition) is 6. The summed E-state index contributed by atoms with van der Waals surface area (Å²) >= 11 is 0. The summed E-state index contributed by atoms with van der Waals surface area (Å²) in [5.41, 5.74) is 4.69. The third-order valence-corrected chi connectivity index (χ3v) is 7.12. The first-order valence-electron chi connectivity index (χ1n) is 14.5. The van der Waals surface area contributed by atoms with Crippen molar-refractivity contribution in [1.29, 1.82) is 0 Å². The zero-order valence-electron chi connectivity index (χ0n) is 24.4. The van der Waals surface area contributed by atoms with E-state index in [1.807, 2.05) is 18.2 Å². The molecule has 1 amide bonds. The highest BCUT2D eigenvalue weighted by Crippen LogP contribution is 2.18. The normalized spacial score (nSPS) is 12.5. The molecule has 3 rings (SSSR count). The summed E-state index contributed by atoms with van der Waals surface area (Å²) in [5.74, 6) is -3.41. The van der Waals surface area contributed by atoms with Gasteiger partial charge in [-0.15, -0.1) is 0 Å². The number of benzene rings is 3.